The molecule has 1 aromatic heterocycles. The van der Waals surface area contributed by atoms with Crippen LogP contribution in [0, 0.1) is 5.92 Å². The summed E-state index contributed by atoms with van der Waals surface area (Å²) in [4.78, 5) is 13.3. The van der Waals surface area contributed by atoms with Crippen molar-refractivity contribution in [1.82, 2.24) is 0 Å². The fourth-order valence-electron chi connectivity index (χ4n) is 2.67. The van der Waals surface area contributed by atoms with E-state index in [1.165, 1.54) is 29.3 Å². The van der Waals surface area contributed by atoms with Crippen LogP contribution >= 0.6 is 11.3 Å². The Bertz CT molecular complexity index is 502. The van der Waals surface area contributed by atoms with Gasteiger partial charge in [-0.3, -0.25) is 4.79 Å². The molecule has 1 heterocycles. The number of hydrogen-bond acceptors (Lipinski definition) is 2. The minimum Gasteiger partial charge on any atom is -0.293 e. The van der Waals surface area contributed by atoms with Crippen LogP contribution in [0.1, 0.15) is 41.8 Å². The fraction of sp³-hybridized carbons (Fsp3) is 0.400. The van der Waals surface area contributed by atoms with Crippen molar-refractivity contribution < 1.29 is 4.79 Å². The van der Waals surface area contributed by atoms with E-state index in [1.807, 2.05) is 12.1 Å². The van der Waals surface area contributed by atoms with Gasteiger partial charge in [-0.1, -0.05) is 37.5 Å². The highest BCUT2D eigenvalue weighted by atomic mass is 32.1. The van der Waals surface area contributed by atoms with E-state index in [9.17, 15) is 4.79 Å². The summed E-state index contributed by atoms with van der Waals surface area (Å²) >= 11 is 1.65. The lowest BCUT2D eigenvalue weighted by Gasteiger charge is -2.19. The molecule has 0 saturated heterocycles. The Morgan fingerprint density at radius 1 is 1.12 bits per heavy atom. The van der Waals surface area contributed by atoms with Crippen molar-refractivity contribution in [2.45, 2.75) is 32.1 Å². The van der Waals surface area contributed by atoms with Gasteiger partial charge in [-0.15, -0.1) is 11.3 Å². The summed E-state index contributed by atoms with van der Waals surface area (Å²) in [6.07, 6.45) is 5.93. The van der Waals surface area contributed by atoms with Crippen LogP contribution in [-0.2, 0) is 0 Å². The zero-order chi connectivity index (χ0) is 11.7. The first-order valence-electron chi connectivity index (χ1n) is 6.37. The Morgan fingerprint density at radius 2 is 1.88 bits per heavy atom. The van der Waals surface area contributed by atoms with E-state index in [0.29, 0.717) is 5.78 Å². The molecule has 0 atom stereocenters. The summed E-state index contributed by atoms with van der Waals surface area (Å²) in [5.74, 6) is 0.669. The van der Waals surface area contributed by atoms with Crippen molar-refractivity contribution in [1.29, 1.82) is 0 Å². The van der Waals surface area contributed by atoms with Crippen LogP contribution in [0.2, 0.25) is 0 Å². The average Bonchev–Trinajstić information content (AvgIpc) is 2.82. The Balaban J connectivity index is 1.89. The molecule has 1 aliphatic rings. The second-order valence-electron chi connectivity index (χ2n) is 4.85. The highest BCUT2D eigenvalue weighted by Gasteiger charge is 2.23. The monoisotopic (exact) mass is 244 g/mol. The number of thiophene rings is 1. The summed E-state index contributed by atoms with van der Waals surface area (Å²) < 4.78 is 1.23. The number of carbonyl (C=O) groups excluding carboxylic acids is 1. The van der Waals surface area contributed by atoms with Crippen LogP contribution in [0.15, 0.2) is 30.3 Å². The molecule has 1 aromatic carbocycles. The lowest BCUT2D eigenvalue weighted by Crippen LogP contribution is -2.16. The number of benzene rings is 1. The summed E-state index contributed by atoms with van der Waals surface area (Å²) in [5, 5.41) is 1.21. The second kappa shape index (κ2) is 4.61. The summed E-state index contributed by atoms with van der Waals surface area (Å²) in [5.41, 5.74) is 0. The highest BCUT2D eigenvalue weighted by molar-refractivity contribution is 7.20. The molecule has 0 radical (unpaired) electrons. The van der Waals surface area contributed by atoms with Crippen LogP contribution in [0.4, 0.5) is 0 Å². The maximum Gasteiger partial charge on any atom is 0.175 e. The number of rotatable bonds is 2. The third-order valence-corrected chi connectivity index (χ3v) is 4.77. The van der Waals surface area contributed by atoms with E-state index < -0.39 is 0 Å². The zero-order valence-electron chi connectivity index (χ0n) is 9.82. The van der Waals surface area contributed by atoms with Gasteiger partial charge in [0.05, 0.1) is 4.88 Å². The fourth-order valence-corrected chi connectivity index (χ4v) is 3.75. The van der Waals surface area contributed by atoms with E-state index in [4.69, 9.17) is 0 Å². The zero-order valence-corrected chi connectivity index (χ0v) is 10.6. The minimum absolute atomic E-state index is 0.289. The molecule has 1 aliphatic carbocycles. The molecule has 0 N–H and O–H groups in total. The number of hydrogen-bond donors (Lipinski definition) is 0. The molecule has 88 valence electrons. The van der Waals surface area contributed by atoms with Gasteiger partial charge in [0.2, 0.25) is 0 Å². The maximum atomic E-state index is 12.4. The molecular formula is C15H16OS. The minimum atomic E-state index is 0.289. The summed E-state index contributed by atoms with van der Waals surface area (Å²) in [6.45, 7) is 0. The molecule has 1 saturated carbocycles. The predicted octanol–water partition coefficient (Wildman–Crippen LogP) is 4.66. The van der Waals surface area contributed by atoms with E-state index in [2.05, 4.69) is 18.2 Å². The van der Waals surface area contributed by atoms with Crippen molar-refractivity contribution in [3.05, 3.63) is 35.2 Å². The molecule has 2 heteroatoms. The highest BCUT2D eigenvalue weighted by Crippen LogP contribution is 2.32. The van der Waals surface area contributed by atoms with Crippen LogP contribution < -0.4 is 0 Å². The van der Waals surface area contributed by atoms with Crippen molar-refractivity contribution >= 4 is 27.2 Å². The summed E-state index contributed by atoms with van der Waals surface area (Å²) in [6, 6.07) is 10.3. The molecule has 1 fully saturated rings. The first-order chi connectivity index (χ1) is 8.34. The Morgan fingerprint density at radius 3 is 2.65 bits per heavy atom. The molecule has 2 aromatic rings. The smallest absolute Gasteiger partial charge is 0.175 e. The largest absolute Gasteiger partial charge is 0.293 e. The topological polar surface area (TPSA) is 17.1 Å². The summed E-state index contributed by atoms with van der Waals surface area (Å²) in [7, 11) is 0. The van der Waals surface area contributed by atoms with Gasteiger partial charge in [-0.2, -0.15) is 0 Å². The number of fused-ring (bicyclic) bond motifs is 1. The Kier molecular flexibility index (Phi) is 2.98. The lowest BCUT2D eigenvalue weighted by molar-refractivity contribution is 0.0894. The molecular weight excluding hydrogens is 228 g/mol. The third kappa shape index (κ3) is 2.14. The molecule has 3 rings (SSSR count). The number of ketones is 1. The van der Waals surface area contributed by atoms with Gasteiger partial charge in [-0.05, 0) is 30.4 Å². The number of carbonyl (C=O) groups is 1. The molecule has 0 bridgehead atoms. The van der Waals surface area contributed by atoms with Crippen LogP contribution in [-0.4, -0.2) is 5.78 Å². The van der Waals surface area contributed by atoms with E-state index in [-0.39, 0.29) is 5.92 Å². The van der Waals surface area contributed by atoms with Gasteiger partial charge in [-0.25, -0.2) is 0 Å². The standard InChI is InChI=1S/C15H16OS/c16-15(11-6-2-1-3-7-11)14-10-12-8-4-5-9-13(12)17-14/h4-5,8-11H,1-3,6-7H2. The molecule has 0 aliphatic heterocycles. The van der Waals surface area contributed by atoms with Crippen LogP contribution in [0.5, 0.6) is 0 Å². The normalized spacial score (nSPS) is 17.4. The molecule has 17 heavy (non-hydrogen) atoms. The Hall–Kier alpha value is -1.15. The van der Waals surface area contributed by atoms with Crippen molar-refractivity contribution in [2.24, 2.45) is 5.92 Å². The van der Waals surface area contributed by atoms with Crippen molar-refractivity contribution in [3.8, 4) is 0 Å². The SMILES string of the molecule is O=C(c1cc2ccccc2s1)C1CCCCC1. The first kappa shape index (κ1) is 11.0. The van der Waals surface area contributed by atoms with E-state index >= 15 is 0 Å². The second-order valence-corrected chi connectivity index (χ2v) is 5.93. The van der Waals surface area contributed by atoms with E-state index in [1.54, 1.807) is 11.3 Å². The Labute approximate surface area is 105 Å². The third-order valence-electron chi connectivity index (χ3n) is 3.64. The van der Waals surface area contributed by atoms with Gasteiger partial charge >= 0.3 is 0 Å². The van der Waals surface area contributed by atoms with Gasteiger partial charge in [0.1, 0.15) is 0 Å². The van der Waals surface area contributed by atoms with Gasteiger partial charge in [0.25, 0.3) is 0 Å². The van der Waals surface area contributed by atoms with E-state index in [0.717, 1.165) is 17.7 Å². The lowest BCUT2D eigenvalue weighted by atomic mass is 9.86. The van der Waals surface area contributed by atoms with Gasteiger partial charge < -0.3 is 0 Å². The van der Waals surface area contributed by atoms with Gasteiger partial charge in [0, 0.05) is 10.6 Å². The average molecular weight is 244 g/mol. The quantitative estimate of drug-likeness (QED) is 0.702. The predicted molar refractivity (Wildman–Crippen MR) is 72.7 cm³/mol. The molecule has 0 amide bonds. The van der Waals surface area contributed by atoms with Crippen LogP contribution in [0.3, 0.4) is 0 Å². The van der Waals surface area contributed by atoms with Crippen molar-refractivity contribution in [3.63, 3.8) is 0 Å². The molecule has 0 unspecified atom stereocenters. The molecule has 0 spiro atoms. The molecule has 1 nitrogen and oxygen atoms in total. The van der Waals surface area contributed by atoms with Gasteiger partial charge in [0.15, 0.2) is 5.78 Å². The van der Waals surface area contributed by atoms with Crippen molar-refractivity contribution in [2.75, 3.05) is 0 Å². The number of Topliss-reactive ketones (excluding diaryl/α,β-unsaturated/α-hetero) is 1. The maximum absolute atomic E-state index is 12.4. The first-order valence-corrected chi connectivity index (χ1v) is 7.19. The van der Waals surface area contributed by atoms with Crippen LogP contribution in [0.25, 0.3) is 10.1 Å².